The van der Waals surface area contributed by atoms with Crippen LogP contribution in [0, 0.1) is 22.7 Å². The van der Waals surface area contributed by atoms with Crippen molar-refractivity contribution in [2.24, 2.45) is 22.7 Å². The maximum absolute atomic E-state index is 13.7. The van der Waals surface area contributed by atoms with Gasteiger partial charge in [0.2, 0.25) is 6.29 Å². The van der Waals surface area contributed by atoms with Gasteiger partial charge in [-0.3, -0.25) is 14.4 Å². The van der Waals surface area contributed by atoms with Crippen molar-refractivity contribution in [1.29, 1.82) is 0 Å². The molecule has 0 bridgehead atoms. The van der Waals surface area contributed by atoms with Crippen LogP contribution in [0.15, 0.2) is 23.0 Å². The van der Waals surface area contributed by atoms with E-state index in [1.54, 1.807) is 25.5 Å². The fraction of sp³-hybridized carbons (Fsp3) is 0.708. The lowest BCUT2D eigenvalue weighted by Gasteiger charge is -2.61. The molecule has 33 heavy (non-hydrogen) atoms. The molecule has 8 unspecified atom stereocenters. The number of ketones is 1. The first kappa shape index (κ1) is 22.6. The van der Waals surface area contributed by atoms with E-state index in [9.17, 15) is 19.5 Å². The topological polar surface area (TPSA) is 125 Å². The van der Waals surface area contributed by atoms with Crippen LogP contribution in [0.2, 0.25) is 0 Å². The van der Waals surface area contributed by atoms with Gasteiger partial charge in [-0.15, -0.1) is 0 Å². The number of Topliss-reactive ketones (excluding diaryl/α,β-unsaturated/α-hetero) is 1. The summed E-state index contributed by atoms with van der Waals surface area (Å²) < 4.78 is 28.7. The fourth-order valence-electron chi connectivity index (χ4n) is 7.05. The van der Waals surface area contributed by atoms with E-state index in [1.165, 1.54) is 13.8 Å². The molecular weight excluding hydrogens is 432 g/mol. The molecular formula is C24H30O9. The lowest BCUT2D eigenvalue weighted by molar-refractivity contribution is -0.255. The van der Waals surface area contributed by atoms with Crippen molar-refractivity contribution in [2.45, 2.75) is 70.6 Å². The van der Waals surface area contributed by atoms with Gasteiger partial charge in [-0.05, 0) is 31.2 Å². The Bertz CT molecular complexity index is 951. The number of ether oxygens (including phenoxy) is 4. The largest absolute Gasteiger partial charge is 0.472 e. The van der Waals surface area contributed by atoms with Crippen LogP contribution in [0.4, 0.5) is 0 Å². The van der Waals surface area contributed by atoms with Gasteiger partial charge in [0.15, 0.2) is 5.78 Å². The molecule has 3 heterocycles. The molecule has 2 aliphatic heterocycles. The zero-order valence-electron chi connectivity index (χ0n) is 19.1. The number of epoxide rings is 1. The first-order chi connectivity index (χ1) is 15.7. The Morgan fingerprint density at radius 3 is 2.64 bits per heavy atom. The number of hydrogen-bond acceptors (Lipinski definition) is 9. The molecule has 8 atom stereocenters. The zero-order valence-corrected chi connectivity index (χ0v) is 19.1. The molecule has 1 aromatic rings. The molecule has 180 valence electrons. The molecule has 0 amide bonds. The third-order valence-electron chi connectivity index (χ3n) is 8.64. The molecule has 1 aromatic heterocycles. The molecule has 5 rings (SSSR count). The van der Waals surface area contributed by atoms with E-state index in [2.05, 4.69) is 0 Å². The van der Waals surface area contributed by atoms with Gasteiger partial charge in [-0.25, -0.2) is 0 Å². The van der Waals surface area contributed by atoms with Crippen molar-refractivity contribution >= 4 is 17.7 Å². The van der Waals surface area contributed by atoms with Crippen LogP contribution in [0.25, 0.3) is 0 Å². The first-order valence-corrected chi connectivity index (χ1v) is 11.5. The predicted octanol–water partition coefficient (Wildman–Crippen LogP) is 2.31. The SMILES string of the molecule is CC(=O)OCC12C(O)C(=O)C(C)C3(CC(c4ccoc4)OC3OC(C)=O)C1CCCC21CO1. The Morgan fingerprint density at radius 1 is 1.27 bits per heavy atom. The standard InChI is InChI=1S/C24H30O9/c1-13-19(27)20(28)24(12-30-14(2)25)18(5-4-7-22(24)11-31-22)23(13)9-17(16-6-8-29-10-16)33-21(23)32-15(3)26/h6,8,10,13,17-18,20-21,28H,4-5,7,9,11-12H2,1-3H3. The van der Waals surface area contributed by atoms with Gasteiger partial charge >= 0.3 is 11.9 Å². The van der Waals surface area contributed by atoms with Crippen LogP contribution in [0.1, 0.15) is 58.1 Å². The maximum Gasteiger partial charge on any atom is 0.304 e. The second-order valence-corrected chi connectivity index (χ2v) is 10.0. The van der Waals surface area contributed by atoms with Gasteiger partial charge in [0.25, 0.3) is 0 Å². The number of aliphatic hydroxyl groups excluding tert-OH is 1. The minimum Gasteiger partial charge on any atom is -0.472 e. The van der Waals surface area contributed by atoms with Crippen molar-refractivity contribution in [3.05, 3.63) is 24.2 Å². The number of hydrogen-bond donors (Lipinski definition) is 1. The minimum atomic E-state index is -1.36. The lowest BCUT2D eigenvalue weighted by atomic mass is 9.42. The summed E-state index contributed by atoms with van der Waals surface area (Å²) in [5.41, 5.74) is -2.05. The number of carbonyl (C=O) groups excluding carboxylic acids is 3. The summed E-state index contributed by atoms with van der Waals surface area (Å²) in [5, 5.41) is 11.5. The number of aliphatic hydroxyl groups is 1. The molecule has 9 nitrogen and oxygen atoms in total. The molecule has 2 aliphatic carbocycles. The summed E-state index contributed by atoms with van der Waals surface area (Å²) >= 11 is 0. The van der Waals surface area contributed by atoms with Crippen LogP contribution in [-0.4, -0.2) is 54.0 Å². The molecule has 2 spiro atoms. The van der Waals surface area contributed by atoms with Gasteiger partial charge in [0, 0.05) is 30.7 Å². The number of fused-ring (bicyclic) bond motifs is 3. The van der Waals surface area contributed by atoms with Crippen LogP contribution in [-0.2, 0) is 33.3 Å². The van der Waals surface area contributed by atoms with E-state index in [0.29, 0.717) is 25.9 Å². The molecule has 0 aromatic carbocycles. The van der Waals surface area contributed by atoms with E-state index >= 15 is 0 Å². The van der Waals surface area contributed by atoms with Crippen LogP contribution in [0.5, 0.6) is 0 Å². The van der Waals surface area contributed by atoms with E-state index in [0.717, 1.165) is 12.0 Å². The van der Waals surface area contributed by atoms with Crippen molar-refractivity contribution < 1.29 is 42.9 Å². The average molecular weight is 462 g/mol. The summed E-state index contributed by atoms with van der Waals surface area (Å²) in [6.07, 6.45) is 2.82. The highest BCUT2D eigenvalue weighted by molar-refractivity contribution is 5.88. The maximum atomic E-state index is 13.7. The van der Waals surface area contributed by atoms with Crippen LogP contribution < -0.4 is 0 Å². The summed E-state index contributed by atoms with van der Waals surface area (Å²) in [4.78, 5) is 37.6. The van der Waals surface area contributed by atoms with E-state index in [1.807, 2.05) is 0 Å². The molecule has 2 saturated carbocycles. The Hall–Kier alpha value is -2.23. The normalized spacial score (nSPS) is 44.0. The van der Waals surface area contributed by atoms with Gasteiger partial charge < -0.3 is 28.5 Å². The molecule has 1 N–H and O–H groups in total. The van der Waals surface area contributed by atoms with Gasteiger partial charge in [-0.2, -0.15) is 0 Å². The van der Waals surface area contributed by atoms with Crippen LogP contribution >= 0.6 is 0 Å². The quantitative estimate of drug-likeness (QED) is 0.530. The Balaban J connectivity index is 1.66. The summed E-state index contributed by atoms with van der Waals surface area (Å²) in [7, 11) is 0. The minimum absolute atomic E-state index is 0.141. The molecule has 9 heteroatoms. The highest BCUT2D eigenvalue weighted by Gasteiger charge is 2.79. The highest BCUT2D eigenvalue weighted by atomic mass is 16.7. The summed E-state index contributed by atoms with van der Waals surface area (Å²) in [6.45, 7) is 4.62. The summed E-state index contributed by atoms with van der Waals surface area (Å²) in [6, 6.07) is 1.79. The van der Waals surface area contributed by atoms with Gasteiger partial charge in [0.1, 0.15) is 18.3 Å². The van der Waals surface area contributed by atoms with Crippen molar-refractivity contribution in [2.75, 3.05) is 13.2 Å². The molecule has 2 saturated heterocycles. The Kier molecular flexibility index (Phi) is 5.23. The lowest BCUT2D eigenvalue weighted by Crippen LogP contribution is -2.71. The fourth-order valence-corrected chi connectivity index (χ4v) is 7.05. The Labute approximate surface area is 191 Å². The predicted molar refractivity (Wildman–Crippen MR) is 110 cm³/mol. The summed E-state index contributed by atoms with van der Waals surface area (Å²) in [5.74, 6) is -2.38. The number of rotatable bonds is 4. The van der Waals surface area contributed by atoms with Crippen molar-refractivity contribution in [1.82, 2.24) is 0 Å². The van der Waals surface area contributed by atoms with Gasteiger partial charge in [0.05, 0.1) is 30.7 Å². The molecule has 4 aliphatic rings. The number of esters is 2. The van der Waals surface area contributed by atoms with Crippen molar-refractivity contribution in [3.63, 3.8) is 0 Å². The smallest absolute Gasteiger partial charge is 0.304 e. The average Bonchev–Trinajstić information content (AvgIpc) is 3.19. The number of furan rings is 1. The molecule has 0 radical (unpaired) electrons. The third kappa shape index (κ3) is 3.05. The number of carbonyl (C=O) groups is 3. The highest BCUT2D eigenvalue weighted by Crippen LogP contribution is 2.71. The third-order valence-corrected chi connectivity index (χ3v) is 8.64. The second-order valence-electron chi connectivity index (χ2n) is 10.0. The van der Waals surface area contributed by atoms with Crippen molar-refractivity contribution in [3.8, 4) is 0 Å². The monoisotopic (exact) mass is 462 g/mol. The van der Waals surface area contributed by atoms with E-state index in [4.69, 9.17) is 23.4 Å². The zero-order chi connectivity index (χ0) is 23.6. The van der Waals surface area contributed by atoms with Crippen LogP contribution in [0.3, 0.4) is 0 Å². The Morgan fingerprint density at radius 2 is 2.03 bits per heavy atom. The van der Waals surface area contributed by atoms with Gasteiger partial charge in [-0.1, -0.05) is 13.3 Å². The second kappa shape index (κ2) is 7.65. The molecule has 4 fully saturated rings. The first-order valence-electron chi connectivity index (χ1n) is 11.5. The van der Waals surface area contributed by atoms with E-state index in [-0.39, 0.29) is 18.3 Å². The van der Waals surface area contributed by atoms with E-state index < -0.39 is 52.8 Å².